The minimum atomic E-state index is -0.496. The average molecular weight is 295 g/mol. The minimum absolute atomic E-state index is 0.0741. The number of hydrogen-bond donors (Lipinski definition) is 3. The van der Waals surface area contributed by atoms with Crippen LogP contribution in [0, 0.1) is 10.1 Å². The largest absolute Gasteiger partial charge is 0.353 e. The van der Waals surface area contributed by atoms with Gasteiger partial charge in [0, 0.05) is 18.7 Å². The van der Waals surface area contributed by atoms with E-state index in [1.165, 1.54) is 6.07 Å². The molecular weight excluding hydrogens is 274 g/mol. The Balaban J connectivity index is 2.80. The van der Waals surface area contributed by atoms with Gasteiger partial charge in [0.2, 0.25) is 5.91 Å². The van der Waals surface area contributed by atoms with Crippen molar-refractivity contribution in [2.45, 2.75) is 26.4 Å². The summed E-state index contributed by atoms with van der Waals surface area (Å²) in [7, 11) is 1.76. The fourth-order valence-corrected chi connectivity index (χ4v) is 2.00. The molecule has 0 saturated carbocycles. The lowest BCUT2D eigenvalue weighted by Crippen LogP contribution is -2.38. The van der Waals surface area contributed by atoms with Gasteiger partial charge in [-0.2, -0.15) is 0 Å². The summed E-state index contributed by atoms with van der Waals surface area (Å²) in [5.41, 5.74) is 3.20. The summed E-state index contributed by atoms with van der Waals surface area (Å²) in [5, 5.41) is 13.7. The molecule has 0 atom stereocenters. The van der Waals surface area contributed by atoms with Gasteiger partial charge < -0.3 is 10.7 Å². The number of anilines is 1. The van der Waals surface area contributed by atoms with Gasteiger partial charge in [-0.3, -0.25) is 25.7 Å². The summed E-state index contributed by atoms with van der Waals surface area (Å²) >= 11 is 0. The van der Waals surface area contributed by atoms with Gasteiger partial charge in [0.1, 0.15) is 5.69 Å². The smallest absolute Gasteiger partial charge is 0.293 e. The van der Waals surface area contributed by atoms with Crippen molar-refractivity contribution in [3.63, 3.8) is 0 Å². The highest BCUT2D eigenvalue weighted by atomic mass is 16.6. The Morgan fingerprint density at radius 3 is 2.67 bits per heavy atom. The fraction of sp³-hybridized carbons (Fsp3) is 0.462. The zero-order valence-corrected chi connectivity index (χ0v) is 12.4. The first-order chi connectivity index (χ1) is 9.85. The average Bonchev–Trinajstić information content (AvgIpc) is 2.36. The molecule has 8 heteroatoms. The van der Waals surface area contributed by atoms with Gasteiger partial charge in [-0.1, -0.05) is 12.1 Å². The fourth-order valence-electron chi connectivity index (χ4n) is 2.00. The maximum atomic E-state index is 11.7. The molecule has 0 aliphatic rings. The van der Waals surface area contributed by atoms with Crippen molar-refractivity contribution in [2.75, 3.05) is 19.0 Å². The summed E-state index contributed by atoms with van der Waals surface area (Å²) in [6.45, 7) is 4.33. The number of para-hydroxylation sites is 1. The van der Waals surface area contributed by atoms with Gasteiger partial charge in [0.25, 0.3) is 5.69 Å². The molecule has 0 bridgehead atoms. The number of hydrazine groups is 1. The number of amides is 1. The van der Waals surface area contributed by atoms with E-state index in [2.05, 4.69) is 10.7 Å². The van der Waals surface area contributed by atoms with Crippen molar-refractivity contribution in [2.24, 2.45) is 5.84 Å². The summed E-state index contributed by atoms with van der Waals surface area (Å²) in [6, 6.07) is 4.78. The second kappa shape index (κ2) is 7.55. The van der Waals surface area contributed by atoms with Gasteiger partial charge in [-0.25, -0.2) is 0 Å². The zero-order chi connectivity index (χ0) is 16.0. The summed E-state index contributed by atoms with van der Waals surface area (Å²) in [5.74, 6) is 5.28. The van der Waals surface area contributed by atoms with E-state index in [1.54, 1.807) is 24.1 Å². The summed E-state index contributed by atoms with van der Waals surface area (Å²) in [4.78, 5) is 23.9. The molecule has 0 aliphatic carbocycles. The molecule has 8 nitrogen and oxygen atoms in total. The number of nitro benzene ring substituents is 1. The SMILES string of the molecule is CC(C)NC(=O)CN(C)Cc1cccc([N+](=O)[O-])c1NN. The number of nitrogen functional groups attached to an aromatic ring is 1. The molecule has 0 aliphatic heterocycles. The Morgan fingerprint density at radius 1 is 1.48 bits per heavy atom. The third-order valence-electron chi connectivity index (χ3n) is 2.77. The van der Waals surface area contributed by atoms with Crippen molar-refractivity contribution in [3.8, 4) is 0 Å². The normalized spacial score (nSPS) is 10.8. The molecule has 1 aromatic carbocycles. The van der Waals surface area contributed by atoms with Gasteiger partial charge in [-0.15, -0.1) is 0 Å². The second-order valence-electron chi connectivity index (χ2n) is 5.11. The maximum absolute atomic E-state index is 11.7. The minimum Gasteiger partial charge on any atom is -0.353 e. The van der Waals surface area contributed by atoms with E-state index >= 15 is 0 Å². The van der Waals surface area contributed by atoms with Crippen LogP contribution in [0.25, 0.3) is 0 Å². The number of likely N-dealkylation sites (N-methyl/N-ethyl adjacent to an activating group) is 1. The molecule has 0 spiro atoms. The Bertz CT molecular complexity index is 519. The van der Waals surface area contributed by atoms with E-state index in [4.69, 9.17) is 5.84 Å². The highest BCUT2D eigenvalue weighted by Crippen LogP contribution is 2.27. The molecule has 116 valence electrons. The van der Waals surface area contributed by atoms with Crippen LogP contribution in [0.4, 0.5) is 11.4 Å². The van der Waals surface area contributed by atoms with Crippen LogP contribution >= 0.6 is 0 Å². The Hall–Kier alpha value is -2.19. The molecule has 0 saturated heterocycles. The number of hydrogen-bond acceptors (Lipinski definition) is 6. The number of rotatable bonds is 7. The van der Waals surface area contributed by atoms with Crippen molar-refractivity contribution in [1.82, 2.24) is 10.2 Å². The predicted octanol–water partition coefficient (Wildman–Crippen LogP) is 0.837. The molecule has 0 aromatic heterocycles. The van der Waals surface area contributed by atoms with E-state index in [-0.39, 0.29) is 29.9 Å². The van der Waals surface area contributed by atoms with Crippen LogP contribution in [0.3, 0.4) is 0 Å². The van der Waals surface area contributed by atoms with Crippen LogP contribution in [0.1, 0.15) is 19.4 Å². The Kier molecular flexibility index (Phi) is 6.07. The molecule has 1 amide bonds. The highest BCUT2D eigenvalue weighted by Gasteiger charge is 2.18. The third kappa shape index (κ3) is 5.01. The molecule has 1 aromatic rings. The molecule has 21 heavy (non-hydrogen) atoms. The van der Waals surface area contributed by atoms with Crippen molar-refractivity contribution in [3.05, 3.63) is 33.9 Å². The first-order valence-corrected chi connectivity index (χ1v) is 6.56. The second-order valence-corrected chi connectivity index (χ2v) is 5.11. The van der Waals surface area contributed by atoms with E-state index in [0.29, 0.717) is 12.1 Å². The van der Waals surface area contributed by atoms with Crippen LogP contribution in [-0.2, 0) is 11.3 Å². The van der Waals surface area contributed by atoms with E-state index < -0.39 is 4.92 Å². The lowest BCUT2D eigenvalue weighted by molar-refractivity contribution is -0.384. The van der Waals surface area contributed by atoms with Crippen LogP contribution in [-0.4, -0.2) is 35.4 Å². The quantitative estimate of drug-likeness (QED) is 0.390. The number of carbonyl (C=O) groups is 1. The summed E-state index contributed by atoms with van der Waals surface area (Å²) < 4.78 is 0. The van der Waals surface area contributed by atoms with Gasteiger partial charge >= 0.3 is 0 Å². The van der Waals surface area contributed by atoms with Crippen molar-refractivity contribution < 1.29 is 9.72 Å². The predicted molar refractivity (Wildman–Crippen MR) is 80.5 cm³/mol. The van der Waals surface area contributed by atoms with Crippen LogP contribution in [0.2, 0.25) is 0 Å². The lowest BCUT2D eigenvalue weighted by Gasteiger charge is -2.19. The zero-order valence-electron chi connectivity index (χ0n) is 12.4. The molecule has 0 radical (unpaired) electrons. The lowest BCUT2D eigenvalue weighted by atomic mass is 10.1. The Morgan fingerprint density at radius 2 is 2.14 bits per heavy atom. The van der Waals surface area contributed by atoms with E-state index in [0.717, 1.165) is 0 Å². The number of nitrogens with two attached hydrogens (primary N) is 1. The monoisotopic (exact) mass is 295 g/mol. The Labute approximate surface area is 123 Å². The van der Waals surface area contributed by atoms with Gasteiger partial charge in [0.15, 0.2) is 0 Å². The molecular formula is C13H21N5O3. The van der Waals surface area contributed by atoms with E-state index in [1.807, 2.05) is 13.8 Å². The third-order valence-corrected chi connectivity index (χ3v) is 2.77. The first-order valence-electron chi connectivity index (χ1n) is 6.56. The van der Waals surface area contributed by atoms with E-state index in [9.17, 15) is 14.9 Å². The standard InChI is InChI=1S/C13H21N5O3/c1-9(2)15-12(19)8-17(3)7-10-5-4-6-11(18(20)21)13(10)16-14/h4-6,9,16H,7-8,14H2,1-3H3,(H,15,19). The number of nitrogens with zero attached hydrogens (tertiary/aromatic N) is 2. The van der Waals surface area contributed by atoms with Crippen LogP contribution < -0.4 is 16.6 Å². The number of nitrogens with one attached hydrogen (secondary N) is 2. The van der Waals surface area contributed by atoms with Gasteiger partial charge in [0.05, 0.1) is 11.5 Å². The number of benzene rings is 1. The van der Waals surface area contributed by atoms with Crippen LogP contribution in [0.5, 0.6) is 0 Å². The number of nitro groups is 1. The molecule has 0 heterocycles. The number of carbonyl (C=O) groups excluding carboxylic acids is 1. The molecule has 0 unspecified atom stereocenters. The molecule has 0 fully saturated rings. The van der Waals surface area contributed by atoms with Crippen molar-refractivity contribution >= 4 is 17.3 Å². The molecule has 1 rings (SSSR count). The van der Waals surface area contributed by atoms with Crippen molar-refractivity contribution in [1.29, 1.82) is 0 Å². The highest BCUT2D eigenvalue weighted by molar-refractivity contribution is 5.78. The maximum Gasteiger partial charge on any atom is 0.293 e. The first kappa shape index (κ1) is 16.9. The van der Waals surface area contributed by atoms with Gasteiger partial charge in [-0.05, 0) is 26.5 Å². The topological polar surface area (TPSA) is 114 Å². The van der Waals surface area contributed by atoms with Crippen LogP contribution in [0.15, 0.2) is 18.2 Å². The molecule has 4 N–H and O–H groups in total. The summed E-state index contributed by atoms with van der Waals surface area (Å²) in [6.07, 6.45) is 0.